The van der Waals surface area contributed by atoms with Gasteiger partial charge in [-0.3, -0.25) is 4.79 Å². The molecule has 1 aliphatic carbocycles. The number of furan rings is 1. The Morgan fingerprint density at radius 3 is 2.15 bits per heavy atom. The van der Waals surface area contributed by atoms with E-state index in [1.54, 1.807) is 0 Å². The van der Waals surface area contributed by atoms with E-state index in [2.05, 4.69) is 126 Å². The first kappa shape index (κ1) is 27.2. The standard InChI is InChI=1S/C43H30N2O2/c1-3-12-27(4-2)44(28-13-6-5-7-14-28)29-19-21-30(22-20-29)45-36-25-26-38-40(34-17-10-11-18-37(34)47-38)39(36)35-24-23-32-31-15-8-9-16-33(31)43(46)41(32)42(35)45/h3-26H,1-2H3/b12-3-,27-4+. The number of allylic oxidation sites excluding steroid dienone is 3. The molecule has 47 heavy (non-hydrogen) atoms. The van der Waals surface area contributed by atoms with Crippen LogP contribution in [0.5, 0.6) is 0 Å². The highest BCUT2D eigenvalue weighted by molar-refractivity contribution is 6.33. The third-order valence-electron chi connectivity index (χ3n) is 9.39. The number of ketones is 1. The highest BCUT2D eigenvalue weighted by atomic mass is 16.3. The van der Waals surface area contributed by atoms with Crippen molar-refractivity contribution in [2.75, 3.05) is 4.90 Å². The summed E-state index contributed by atoms with van der Waals surface area (Å²) in [4.78, 5) is 16.5. The van der Waals surface area contributed by atoms with Crippen molar-refractivity contribution >= 4 is 60.9 Å². The largest absolute Gasteiger partial charge is 0.456 e. The number of fused-ring (bicyclic) bond motifs is 11. The molecule has 8 aromatic rings. The molecule has 0 aliphatic heterocycles. The number of anilines is 2. The van der Waals surface area contributed by atoms with E-state index in [9.17, 15) is 4.79 Å². The summed E-state index contributed by atoms with van der Waals surface area (Å²) in [6, 6.07) is 43.7. The van der Waals surface area contributed by atoms with Crippen LogP contribution >= 0.6 is 0 Å². The summed E-state index contributed by atoms with van der Waals surface area (Å²) in [5, 5.41) is 4.27. The molecule has 6 aromatic carbocycles. The van der Waals surface area contributed by atoms with Gasteiger partial charge in [-0.25, -0.2) is 0 Å². The summed E-state index contributed by atoms with van der Waals surface area (Å²) >= 11 is 0. The van der Waals surface area contributed by atoms with Crippen LogP contribution in [-0.4, -0.2) is 10.4 Å². The Hall–Kier alpha value is -6.13. The quantitative estimate of drug-likeness (QED) is 0.183. The van der Waals surface area contributed by atoms with Gasteiger partial charge in [0.15, 0.2) is 5.78 Å². The minimum atomic E-state index is 0.0644. The van der Waals surface area contributed by atoms with Gasteiger partial charge in [0.05, 0.1) is 16.6 Å². The maximum absolute atomic E-state index is 14.2. The average molecular weight is 607 g/mol. The summed E-state index contributed by atoms with van der Waals surface area (Å²) in [5.74, 6) is 0.0644. The molecule has 0 radical (unpaired) electrons. The van der Waals surface area contributed by atoms with Crippen molar-refractivity contribution in [3.05, 3.63) is 162 Å². The zero-order valence-electron chi connectivity index (χ0n) is 26.1. The second kappa shape index (κ2) is 10.5. The molecule has 0 atom stereocenters. The van der Waals surface area contributed by atoms with E-state index in [-0.39, 0.29) is 5.78 Å². The third kappa shape index (κ3) is 3.91. The number of nitrogens with zero attached hydrogens (tertiary/aromatic N) is 2. The van der Waals surface area contributed by atoms with Crippen molar-refractivity contribution in [1.29, 1.82) is 0 Å². The van der Waals surface area contributed by atoms with Gasteiger partial charge in [-0.2, -0.15) is 0 Å². The van der Waals surface area contributed by atoms with Crippen molar-refractivity contribution in [1.82, 2.24) is 4.57 Å². The van der Waals surface area contributed by atoms with Crippen LogP contribution < -0.4 is 4.90 Å². The summed E-state index contributed by atoms with van der Waals surface area (Å²) in [6.07, 6.45) is 6.32. The van der Waals surface area contributed by atoms with Gasteiger partial charge in [0.2, 0.25) is 0 Å². The smallest absolute Gasteiger partial charge is 0.196 e. The Bertz CT molecular complexity index is 2600. The number of carbonyl (C=O) groups is 1. The van der Waals surface area contributed by atoms with Gasteiger partial charge in [0.1, 0.15) is 11.2 Å². The minimum absolute atomic E-state index is 0.0644. The Balaban J connectivity index is 1.34. The predicted molar refractivity (Wildman–Crippen MR) is 194 cm³/mol. The maximum atomic E-state index is 14.2. The van der Waals surface area contributed by atoms with Crippen molar-refractivity contribution < 1.29 is 9.21 Å². The number of aromatic nitrogens is 1. The molecule has 0 amide bonds. The molecular weight excluding hydrogens is 576 g/mol. The molecule has 0 unspecified atom stereocenters. The maximum Gasteiger partial charge on any atom is 0.196 e. The molecule has 0 bridgehead atoms. The van der Waals surface area contributed by atoms with Crippen LogP contribution in [0, 0.1) is 0 Å². The number of para-hydroxylation sites is 2. The lowest BCUT2D eigenvalue weighted by Gasteiger charge is -2.26. The molecule has 0 saturated carbocycles. The molecule has 224 valence electrons. The Labute approximate surface area is 272 Å². The van der Waals surface area contributed by atoms with E-state index in [0.717, 1.165) is 88.8 Å². The highest BCUT2D eigenvalue weighted by Gasteiger charge is 2.32. The van der Waals surface area contributed by atoms with Gasteiger partial charge >= 0.3 is 0 Å². The van der Waals surface area contributed by atoms with E-state index in [1.807, 2.05) is 43.3 Å². The zero-order valence-corrected chi connectivity index (χ0v) is 26.1. The lowest BCUT2D eigenvalue weighted by molar-refractivity contribution is 0.104. The van der Waals surface area contributed by atoms with Crippen LogP contribution in [0.1, 0.15) is 29.8 Å². The number of hydrogen-bond acceptors (Lipinski definition) is 3. The molecular formula is C43H30N2O2. The molecule has 0 N–H and O–H groups in total. The summed E-state index contributed by atoms with van der Waals surface area (Å²) in [7, 11) is 0. The van der Waals surface area contributed by atoms with Crippen LogP contribution in [0.3, 0.4) is 0 Å². The Morgan fingerprint density at radius 1 is 0.638 bits per heavy atom. The molecule has 4 heteroatoms. The second-order valence-electron chi connectivity index (χ2n) is 11.9. The number of rotatable bonds is 5. The average Bonchev–Trinajstić information content (AvgIpc) is 3.76. The van der Waals surface area contributed by atoms with Crippen LogP contribution in [0.4, 0.5) is 11.4 Å². The van der Waals surface area contributed by atoms with Gasteiger partial charge in [0.25, 0.3) is 0 Å². The summed E-state index contributed by atoms with van der Waals surface area (Å²) < 4.78 is 8.60. The van der Waals surface area contributed by atoms with Crippen LogP contribution in [0.15, 0.2) is 156 Å². The van der Waals surface area contributed by atoms with Gasteiger partial charge < -0.3 is 13.9 Å². The molecule has 2 aromatic heterocycles. The van der Waals surface area contributed by atoms with Crippen LogP contribution in [-0.2, 0) is 0 Å². The fourth-order valence-electron chi connectivity index (χ4n) is 7.43. The molecule has 0 spiro atoms. The number of benzene rings is 6. The molecule has 1 aliphatic rings. The molecule has 0 saturated heterocycles. The highest BCUT2D eigenvalue weighted by Crippen LogP contribution is 2.47. The number of carbonyl (C=O) groups excluding carboxylic acids is 1. The SMILES string of the molecule is C/C=C\C(=C/C)N(c1ccccc1)c1ccc(-n2c3ccc4oc5ccccc5c4c3c3ccc4c(c32)C(=O)c2ccccc2-4)cc1. The van der Waals surface area contributed by atoms with Gasteiger partial charge in [-0.1, -0.05) is 84.9 Å². The van der Waals surface area contributed by atoms with Crippen molar-refractivity contribution in [2.45, 2.75) is 13.8 Å². The van der Waals surface area contributed by atoms with Gasteiger partial charge in [-0.05, 0) is 85.6 Å². The number of hydrogen-bond donors (Lipinski definition) is 0. The Morgan fingerprint density at radius 2 is 1.36 bits per heavy atom. The fourth-order valence-corrected chi connectivity index (χ4v) is 7.43. The van der Waals surface area contributed by atoms with Crippen LogP contribution in [0.25, 0.3) is 60.6 Å². The first-order chi connectivity index (χ1) is 23.2. The van der Waals surface area contributed by atoms with Crippen molar-refractivity contribution in [3.63, 3.8) is 0 Å². The lowest BCUT2D eigenvalue weighted by atomic mass is 10.0. The summed E-state index contributed by atoms with van der Waals surface area (Å²) in [5.41, 5.74) is 11.3. The third-order valence-corrected chi connectivity index (χ3v) is 9.39. The van der Waals surface area contributed by atoms with Gasteiger partial charge in [-0.15, -0.1) is 0 Å². The monoisotopic (exact) mass is 606 g/mol. The van der Waals surface area contributed by atoms with E-state index < -0.39 is 0 Å². The molecule has 9 rings (SSSR count). The first-order valence-electron chi connectivity index (χ1n) is 16.0. The summed E-state index contributed by atoms with van der Waals surface area (Å²) in [6.45, 7) is 4.10. The van der Waals surface area contributed by atoms with Crippen LogP contribution in [0.2, 0.25) is 0 Å². The second-order valence-corrected chi connectivity index (χ2v) is 11.9. The minimum Gasteiger partial charge on any atom is -0.456 e. The van der Waals surface area contributed by atoms with Gasteiger partial charge in [0, 0.05) is 49.9 Å². The van der Waals surface area contributed by atoms with E-state index in [0.29, 0.717) is 0 Å². The lowest BCUT2D eigenvalue weighted by Crippen LogP contribution is -2.15. The molecule has 0 fully saturated rings. The van der Waals surface area contributed by atoms with Crippen molar-refractivity contribution in [3.8, 4) is 16.8 Å². The zero-order chi connectivity index (χ0) is 31.6. The van der Waals surface area contributed by atoms with E-state index >= 15 is 0 Å². The predicted octanol–water partition coefficient (Wildman–Crippen LogP) is 11.5. The molecule has 2 heterocycles. The normalized spacial score (nSPS) is 13.0. The van der Waals surface area contributed by atoms with Crippen molar-refractivity contribution in [2.24, 2.45) is 0 Å². The Kier molecular flexibility index (Phi) is 6.06. The topological polar surface area (TPSA) is 38.4 Å². The van der Waals surface area contributed by atoms with E-state index in [1.165, 1.54) is 0 Å². The molecule has 4 nitrogen and oxygen atoms in total. The van der Waals surface area contributed by atoms with E-state index in [4.69, 9.17) is 4.42 Å². The fraction of sp³-hybridized carbons (Fsp3) is 0.0465. The first-order valence-corrected chi connectivity index (χ1v) is 16.0.